The third-order valence-electron chi connectivity index (χ3n) is 2.53. The number of rotatable bonds is 2. The third kappa shape index (κ3) is 2.69. The van der Waals surface area contributed by atoms with Crippen molar-refractivity contribution < 1.29 is 9.53 Å². The summed E-state index contributed by atoms with van der Waals surface area (Å²) < 4.78 is 5.57. The van der Waals surface area contributed by atoms with E-state index in [1.165, 1.54) is 0 Å². The first kappa shape index (κ1) is 11.5. The molecule has 0 aliphatic carbocycles. The van der Waals surface area contributed by atoms with Gasteiger partial charge in [-0.2, -0.15) is 0 Å². The van der Waals surface area contributed by atoms with E-state index in [1.54, 1.807) is 7.05 Å². The minimum absolute atomic E-state index is 0.104. The van der Waals surface area contributed by atoms with Gasteiger partial charge in [-0.15, -0.1) is 0 Å². The van der Waals surface area contributed by atoms with Crippen LogP contribution in [0.15, 0.2) is 0 Å². The number of carbonyl (C=O) groups excluding carboxylic acids is 1. The van der Waals surface area contributed by atoms with Crippen LogP contribution in [-0.4, -0.2) is 49.2 Å². The van der Waals surface area contributed by atoms with Gasteiger partial charge in [0.2, 0.25) is 5.91 Å². The number of amides is 1. The molecule has 1 aliphatic heterocycles. The van der Waals surface area contributed by atoms with Crippen LogP contribution < -0.4 is 5.32 Å². The van der Waals surface area contributed by atoms with Crippen molar-refractivity contribution >= 4 is 5.91 Å². The van der Waals surface area contributed by atoms with E-state index in [0.717, 1.165) is 0 Å². The number of hydrogen-bond acceptors (Lipinski definition) is 3. The molecule has 1 unspecified atom stereocenters. The standard InChI is InChI=1S/C10H20N2O2/c1-7-5-12(6-8(2)14-7)10(13)9(3)11-4/h7-9,11H,5-6H2,1-4H3/t7-,8+,9?. The maximum atomic E-state index is 11.8. The number of nitrogens with one attached hydrogen (secondary N) is 1. The molecule has 4 heteroatoms. The Kier molecular flexibility index (Phi) is 3.89. The molecule has 1 amide bonds. The van der Waals surface area contributed by atoms with Crippen molar-refractivity contribution in [3.05, 3.63) is 0 Å². The van der Waals surface area contributed by atoms with Gasteiger partial charge in [0.25, 0.3) is 0 Å². The lowest BCUT2D eigenvalue weighted by Gasteiger charge is -2.36. The van der Waals surface area contributed by atoms with Crippen LogP contribution in [0, 0.1) is 0 Å². The van der Waals surface area contributed by atoms with Gasteiger partial charge in [0.1, 0.15) is 0 Å². The Morgan fingerprint density at radius 1 is 1.43 bits per heavy atom. The fraction of sp³-hybridized carbons (Fsp3) is 0.900. The molecule has 4 nitrogen and oxygen atoms in total. The topological polar surface area (TPSA) is 41.6 Å². The van der Waals surface area contributed by atoms with Gasteiger partial charge >= 0.3 is 0 Å². The van der Waals surface area contributed by atoms with Crippen molar-refractivity contribution in [2.24, 2.45) is 0 Å². The second-order valence-corrected chi connectivity index (χ2v) is 4.01. The molecule has 1 rings (SSSR count). The Bertz CT molecular complexity index is 198. The summed E-state index contributed by atoms with van der Waals surface area (Å²) in [4.78, 5) is 13.7. The normalized spacial score (nSPS) is 30.1. The highest BCUT2D eigenvalue weighted by Gasteiger charge is 2.27. The van der Waals surface area contributed by atoms with Crippen molar-refractivity contribution in [1.82, 2.24) is 10.2 Å². The van der Waals surface area contributed by atoms with Gasteiger partial charge in [0.15, 0.2) is 0 Å². The van der Waals surface area contributed by atoms with Crippen LogP contribution in [0.1, 0.15) is 20.8 Å². The number of nitrogens with zero attached hydrogens (tertiary/aromatic N) is 1. The van der Waals surface area contributed by atoms with Gasteiger partial charge in [0.05, 0.1) is 18.2 Å². The molecule has 0 radical (unpaired) electrons. The van der Waals surface area contributed by atoms with Gasteiger partial charge in [-0.25, -0.2) is 0 Å². The van der Waals surface area contributed by atoms with Crippen LogP contribution in [-0.2, 0) is 9.53 Å². The highest BCUT2D eigenvalue weighted by molar-refractivity contribution is 5.81. The van der Waals surface area contributed by atoms with Crippen molar-refractivity contribution in [2.45, 2.75) is 39.0 Å². The molecule has 82 valence electrons. The molecule has 0 aromatic rings. The smallest absolute Gasteiger partial charge is 0.239 e. The molecule has 1 N–H and O–H groups in total. The fourth-order valence-corrected chi connectivity index (χ4v) is 1.76. The third-order valence-corrected chi connectivity index (χ3v) is 2.53. The summed E-state index contributed by atoms with van der Waals surface area (Å²) in [5, 5.41) is 2.96. The molecule has 1 fully saturated rings. The SMILES string of the molecule is CNC(C)C(=O)N1C[C@@H](C)O[C@@H](C)C1. The molecule has 0 aromatic carbocycles. The van der Waals surface area contributed by atoms with Gasteiger partial charge < -0.3 is 15.0 Å². The van der Waals surface area contributed by atoms with E-state index in [9.17, 15) is 4.79 Å². The van der Waals surface area contributed by atoms with Gasteiger partial charge in [-0.3, -0.25) is 4.79 Å². The van der Waals surface area contributed by atoms with Crippen LogP contribution in [0.4, 0.5) is 0 Å². The van der Waals surface area contributed by atoms with E-state index in [2.05, 4.69) is 5.32 Å². The first-order valence-electron chi connectivity index (χ1n) is 5.16. The van der Waals surface area contributed by atoms with E-state index < -0.39 is 0 Å². The number of likely N-dealkylation sites (N-methyl/N-ethyl adjacent to an activating group) is 1. The van der Waals surface area contributed by atoms with Crippen molar-refractivity contribution in [3.8, 4) is 0 Å². The van der Waals surface area contributed by atoms with Crippen LogP contribution >= 0.6 is 0 Å². The Balaban J connectivity index is 2.54. The summed E-state index contributed by atoms with van der Waals surface area (Å²) in [7, 11) is 1.80. The molecule has 3 atom stereocenters. The zero-order valence-electron chi connectivity index (χ0n) is 9.41. The molecule has 0 aromatic heterocycles. The van der Waals surface area contributed by atoms with Crippen LogP contribution in [0.25, 0.3) is 0 Å². The lowest BCUT2D eigenvalue weighted by atomic mass is 10.2. The summed E-state index contributed by atoms with van der Waals surface area (Å²) in [6.45, 7) is 7.29. The van der Waals surface area contributed by atoms with Gasteiger partial charge in [-0.05, 0) is 27.8 Å². The lowest BCUT2D eigenvalue weighted by Crippen LogP contribution is -2.52. The Labute approximate surface area is 85.6 Å². The monoisotopic (exact) mass is 200 g/mol. The van der Waals surface area contributed by atoms with E-state index in [-0.39, 0.29) is 24.2 Å². The van der Waals surface area contributed by atoms with Crippen molar-refractivity contribution in [3.63, 3.8) is 0 Å². The lowest BCUT2D eigenvalue weighted by molar-refractivity contribution is -0.144. The zero-order valence-corrected chi connectivity index (χ0v) is 9.41. The van der Waals surface area contributed by atoms with E-state index in [4.69, 9.17) is 4.74 Å². The molecule has 1 aliphatic rings. The Morgan fingerprint density at radius 3 is 2.36 bits per heavy atom. The fourth-order valence-electron chi connectivity index (χ4n) is 1.76. The second-order valence-electron chi connectivity index (χ2n) is 4.01. The second kappa shape index (κ2) is 4.75. The molecular formula is C10H20N2O2. The summed E-state index contributed by atoms with van der Waals surface area (Å²) in [6, 6.07) is -0.104. The Morgan fingerprint density at radius 2 is 1.93 bits per heavy atom. The Hall–Kier alpha value is -0.610. The number of morpholine rings is 1. The van der Waals surface area contributed by atoms with Crippen molar-refractivity contribution in [1.29, 1.82) is 0 Å². The minimum Gasteiger partial charge on any atom is -0.372 e. The highest BCUT2D eigenvalue weighted by Crippen LogP contribution is 2.11. The van der Waals surface area contributed by atoms with Crippen molar-refractivity contribution in [2.75, 3.05) is 20.1 Å². The average Bonchev–Trinajstić information content (AvgIpc) is 2.14. The van der Waals surface area contributed by atoms with Gasteiger partial charge in [-0.1, -0.05) is 0 Å². The largest absolute Gasteiger partial charge is 0.372 e. The predicted octanol–water partition coefficient (Wildman–Crippen LogP) is 0.230. The average molecular weight is 200 g/mol. The summed E-state index contributed by atoms with van der Waals surface area (Å²) >= 11 is 0. The maximum Gasteiger partial charge on any atom is 0.239 e. The minimum atomic E-state index is -0.104. The predicted molar refractivity (Wildman–Crippen MR) is 55.1 cm³/mol. The first-order chi connectivity index (χ1) is 6.54. The maximum absolute atomic E-state index is 11.8. The summed E-state index contributed by atoms with van der Waals surface area (Å²) in [6.07, 6.45) is 0.290. The molecule has 14 heavy (non-hydrogen) atoms. The van der Waals surface area contributed by atoms with E-state index >= 15 is 0 Å². The summed E-state index contributed by atoms with van der Waals surface area (Å²) in [5.74, 6) is 0.162. The molecular weight excluding hydrogens is 180 g/mol. The number of ether oxygens (including phenoxy) is 1. The van der Waals surface area contributed by atoms with Crippen LogP contribution in [0.2, 0.25) is 0 Å². The molecule has 1 heterocycles. The van der Waals surface area contributed by atoms with Gasteiger partial charge in [0, 0.05) is 13.1 Å². The zero-order chi connectivity index (χ0) is 10.7. The highest BCUT2D eigenvalue weighted by atomic mass is 16.5. The molecule has 1 saturated heterocycles. The first-order valence-corrected chi connectivity index (χ1v) is 5.16. The molecule has 0 saturated carbocycles. The van der Waals surface area contributed by atoms with E-state index in [0.29, 0.717) is 13.1 Å². The number of carbonyl (C=O) groups is 1. The number of hydrogen-bond donors (Lipinski definition) is 1. The quantitative estimate of drug-likeness (QED) is 0.694. The van der Waals surface area contributed by atoms with Crippen LogP contribution in [0.3, 0.4) is 0 Å². The molecule has 0 bridgehead atoms. The van der Waals surface area contributed by atoms with Crippen LogP contribution in [0.5, 0.6) is 0 Å². The van der Waals surface area contributed by atoms with E-state index in [1.807, 2.05) is 25.7 Å². The summed E-state index contributed by atoms with van der Waals surface area (Å²) in [5.41, 5.74) is 0. The molecule has 0 spiro atoms.